The number of aryl methyl sites for hydroxylation is 1. The van der Waals surface area contributed by atoms with Crippen molar-refractivity contribution in [2.24, 2.45) is 0 Å². The van der Waals surface area contributed by atoms with E-state index in [0.29, 0.717) is 22.4 Å². The van der Waals surface area contributed by atoms with Crippen LogP contribution in [-0.4, -0.2) is 40.2 Å². The van der Waals surface area contributed by atoms with Crippen LogP contribution in [0.15, 0.2) is 42.5 Å². The zero-order valence-corrected chi connectivity index (χ0v) is 14.0. The number of fused-ring (bicyclic) bond motifs is 1. The Hall–Kier alpha value is -3.48. The predicted octanol–water partition coefficient (Wildman–Crippen LogP) is 2.32. The second-order valence-corrected chi connectivity index (χ2v) is 5.94. The lowest BCUT2D eigenvalue weighted by Crippen LogP contribution is -2.33. The average molecular weight is 352 g/mol. The minimum absolute atomic E-state index is 0.0458. The van der Waals surface area contributed by atoms with Crippen LogP contribution in [0.3, 0.4) is 0 Å². The number of carbonyl (C=O) groups excluding carboxylic acids is 3. The summed E-state index contributed by atoms with van der Waals surface area (Å²) in [5.41, 5.74) is 1.83. The predicted molar refractivity (Wildman–Crippen MR) is 93.2 cm³/mol. The molecule has 7 nitrogen and oxygen atoms in total. The molecule has 3 rings (SSSR count). The molecule has 26 heavy (non-hydrogen) atoms. The Morgan fingerprint density at radius 2 is 1.65 bits per heavy atom. The summed E-state index contributed by atoms with van der Waals surface area (Å²) < 4.78 is 0. The van der Waals surface area contributed by atoms with Gasteiger partial charge in [-0.25, -0.2) is 4.79 Å². The van der Waals surface area contributed by atoms with Gasteiger partial charge in [0.2, 0.25) is 5.91 Å². The van der Waals surface area contributed by atoms with Crippen molar-refractivity contribution < 1.29 is 24.3 Å². The lowest BCUT2D eigenvalue weighted by atomic mass is 10.1. The minimum Gasteiger partial charge on any atom is -0.478 e. The highest BCUT2D eigenvalue weighted by Crippen LogP contribution is 2.23. The summed E-state index contributed by atoms with van der Waals surface area (Å²) in [4.78, 5) is 48.8. The van der Waals surface area contributed by atoms with Gasteiger partial charge in [0.1, 0.15) is 0 Å². The number of rotatable bonds is 5. The van der Waals surface area contributed by atoms with E-state index in [2.05, 4.69) is 5.32 Å². The molecule has 1 heterocycles. The first-order valence-electron chi connectivity index (χ1n) is 7.97. The van der Waals surface area contributed by atoms with Crippen molar-refractivity contribution in [1.82, 2.24) is 4.90 Å². The van der Waals surface area contributed by atoms with Crippen LogP contribution in [0.1, 0.15) is 43.1 Å². The summed E-state index contributed by atoms with van der Waals surface area (Å²) in [7, 11) is 0. The third-order valence-corrected chi connectivity index (χ3v) is 4.20. The molecule has 0 bridgehead atoms. The molecule has 0 radical (unpaired) electrons. The van der Waals surface area contributed by atoms with Crippen LogP contribution in [0, 0.1) is 6.92 Å². The molecule has 2 N–H and O–H groups in total. The lowest BCUT2D eigenvalue weighted by molar-refractivity contribution is -0.116. The Kier molecular flexibility index (Phi) is 4.53. The molecule has 0 atom stereocenters. The van der Waals surface area contributed by atoms with Crippen LogP contribution in [0.4, 0.5) is 5.69 Å². The number of benzene rings is 2. The van der Waals surface area contributed by atoms with E-state index in [1.54, 1.807) is 37.3 Å². The summed E-state index contributed by atoms with van der Waals surface area (Å²) >= 11 is 0. The molecule has 2 aromatic carbocycles. The number of carboxylic acid groups (broad SMARTS) is 1. The topological polar surface area (TPSA) is 104 Å². The van der Waals surface area contributed by atoms with Crippen LogP contribution < -0.4 is 5.32 Å². The summed E-state index contributed by atoms with van der Waals surface area (Å²) in [6, 6.07) is 10.9. The van der Waals surface area contributed by atoms with Crippen molar-refractivity contribution in [3.8, 4) is 0 Å². The number of amides is 3. The number of anilines is 1. The molecule has 0 spiro atoms. The Bertz CT molecular complexity index is 900. The second-order valence-electron chi connectivity index (χ2n) is 5.94. The SMILES string of the molecule is Cc1ccc(C(=O)O)cc1NC(=O)CCN1C(=O)c2ccccc2C1=O. The number of aromatic carboxylic acids is 1. The maximum absolute atomic E-state index is 12.3. The monoisotopic (exact) mass is 352 g/mol. The van der Waals surface area contributed by atoms with E-state index >= 15 is 0 Å². The molecular formula is C19H16N2O5. The van der Waals surface area contributed by atoms with Crippen LogP contribution in [0.2, 0.25) is 0 Å². The van der Waals surface area contributed by atoms with E-state index in [-0.39, 0.29) is 18.5 Å². The van der Waals surface area contributed by atoms with Crippen LogP contribution in [-0.2, 0) is 4.79 Å². The lowest BCUT2D eigenvalue weighted by Gasteiger charge is -2.14. The van der Waals surface area contributed by atoms with Crippen molar-refractivity contribution in [1.29, 1.82) is 0 Å². The first-order valence-corrected chi connectivity index (χ1v) is 7.97. The number of nitrogens with zero attached hydrogens (tertiary/aromatic N) is 1. The summed E-state index contributed by atoms with van der Waals surface area (Å²) in [6.07, 6.45) is -0.0811. The zero-order chi connectivity index (χ0) is 18.8. The average Bonchev–Trinajstić information content (AvgIpc) is 2.86. The number of hydrogen-bond acceptors (Lipinski definition) is 4. The molecule has 1 aliphatic rings. The summed E-state index contributed by atoms with van der Waals surface area (Å²) in [5.74, 6) is -2.33. The van der Waals surface area contributed by atoms with Gasteiger partial charge in [-0.1, -0.05) is 18.2 Å². The zero-order valence-electron chi connectivity index (χ0n) is 14.0. The van der Waals surface area contributed by atoms with Crippen molar-refractivity contribution >= 4 is 29.4 Å². The number of carboxylic acids is 1. The van der Waals surface area contributed by atoms with Gasteiger partial charge in [-0.3, -0.25) is 19.3 Å². The highest BCUT2D eigenvalue weighted by molar-refractivity contribution is 6.21. The van der Waals surface area contributed by atoms with E-state index in [1.165, 1.54) is 12.1 Å². The summed E-state index contributed by atoms with van der Waals surface area (Å²) in [6.45, 7) is 1.70. The summed E-state index contributed by atoms with van der Waals surface area (Å²) in [5, 5.41) is 11.7. The van der Waals surface area contributed by atoms with Gasteiger partial charge in [0.05, 0.1) is 16.7 Å². The van der Waals surface area contributed by atoms with Gasteiger partial charge in [-0.05, 0) is 36.8 Å². The van der Waals surface area contributed by atoms with Gasteiger partial charge in [0.15, 0.2) is 0 Å². The van der Waals surface area contributed by atoms with Crippen molar-refractivity contribution in [3.63, 3.8) is 0 Å². The maximum Gasteiger partial charge on any atom is 0.335 e. The molecule has 0 saturated heterocycles. The quantitative estimate of drug-likeness (QED) is 0.804. The fourth-order valence-corrected chi connectivity index (χ4v) is 2.76. The van der Waals surface area contributed by atoms with E-state index in [9.17, 15) is 19.2 Å². The molecule has 0 aromatic heterocycles. The van der Waals surface area contributed by atoms with Crippen molar-refractivity contribution in [2.45, 2.75) is 13.3 Å². The van der Waals surface area contributed by atoms with E-state index in [4.69, 9.17) is 5.11 Å². The first-order chi connectivity index (χ1) is 12.4. The second kappa shape index (κ2) is 6.79. The normalized spacial score (nSPS) is 12.9. The van der Waals surface area contributed by atoms with Crippen LogP contribution >= 0.6 is 0 Å². The molecule has 0 unspecified atom stereocenters. The standard InChI is InChI=1S/C19H16N2O5/c1-11-6-7-12(19(25)26)10-15(11)20-16(22)8-9-21-17(23)13-4-2-3-5-14(13)18(21)24/h2-7,10H,8-9H2,1H3,(H,20,22)(H,25,26). The Morgan fingerprint density at radius 1 is 1.04 bits per heavy atom. The van der Waals surface area contributed by atoms with Crippen molar-refractivity contribution in [3.05, 3.63) is 64.7 Å². The van der Waals surface area contributed by atoms with Gasteiger partial charge in [0.25, 0.3) is 11.8 Å². The third kappa shape index (κ3) is 3.19. The molecule has 132 valence electrons. The van der Waals surface area contributed by atoms with Gasteiger partial charge in [0, 0.05) is 18.7 Å². The number of nitrogens with one attached hydrogen (secondary N) is 1. The van der Waals surface area contributed by atoms with E-state index in [1.807, 2.05) is 0 Å². The first kappa shape index (κ1) is 17.3. The Balaban J connectivity index is 1.66. The van der Waals surface area contributed by atoms with Gasteiger partial charge < -0.3 is 10.4 Å². The number of imide groups is 1. The highest BCUT2D eigenvalue weighted by atomic mass is 16.4. The minimum atomic E-state index is -1.09. The molecule has 2 aromatic rings. The Morgan fingerprint density at radius 3 is 2.23 bits per heavy atom. The third-order valence-electron chi connectivity index (χ3n) is 4.20. The van der Waals surface area contributed by atoms with E-state index < -0.39 is 23.7 Å². The smallest absolute Gasteiger partial charge is 0.335 e. The van der Waals surface area contributed by atoms with E-state index in [0.717, 1.165) is 4.90 Å². The maximum atomic E-state index is 12.3. The fraction of sp³-hybridized carbons (Fsp3) is 0.158. The molecule has 3 amide bonds. The van der Waals surface area contributed by atoms with Crippen LogP contribution in [0.25, 0.3) is 0 Å². The van der Waals surface area contributed by atoms with Gasteiger partial charge in [-0.2, -0.15) is 0 Å². The molecular weight excluding hydrogens is 336 g/mol. The van der Waals surface area contributed by atoms with Gasteiger partial charge in [-0.15, -0.1) is 0 Å². The number of hydrogen-bond donors (Lipinski definition) is 2. The Labute approximate surface area is 149 Å². The fourth-order valence-electron chi connectivity index (χ4n) is 2.76. The molecule has 1 aliphatic heterocycles. The molecule has 0 fully saturated rings. The van der Waals surface area contributed by atoms with Crippen LogP contribution in [0.5, 0.6) is 0 Å². The van der Waals surface area contributed by atoms with Gasteiger partial charge >= 0.3 is 5.97 Å². The largest absolute Gasteiger partial charge is 0.478 e. The molecule has 7 heteroatoms. The molecule has 0 saturated carbocycles. The molecule has 0 aliphatic carbocycles. The number of carbonyl (C=O) groups is 4. The highest BCUT2D eigenvalue weighted by Gasteiger charge is 2.34. The van der Waals surface area contributed by atoms with Crippen molar-refractivity contribution in [2.75, 3.05) is 11.9 Å².